The Kier molecular flexibility index (Phi) is 7.72. The summed E-state index contributed by atoms with van der Waals surface area (Å²) in [4.78, 5) is 13.2. The minimum Gasteiger partial charge on any atom is -0.349 e. The maximum Gasteiger partial charge on any atom is 0.262 e. The van der Waals surface area contributed by atoms with Gasteiger partial charge in [-0.25, -0.2) is 13.1 Å². The minimum absolute atomic E-state index is 0.00900. The molecule has 2 aromatic carbocycles. The molecule has 3 aromatic rings. The van der Waals surface area contributed by atoms with Gasteiger partial charge in [0.15, 0.2) is 0 Å². The first-order valence-corrected chi connectivity index (χ1v) is 14.6. The third-order valence-electron chi connectivity index (χ3n) is 7.18. The van der Waals surface area contributed by atoms with Gasteiger partial charge in [0, 0.05) is 36.5 Å². The average molecular weight is 530 g/mol. The number of amides is 1. The molecule has 1 saturated carbocycles. The van der Waals surface area contributed by atoms with Gasteiger partial charge >= 0.3 is 0 Å². The van der Waals surface area contributed by atoms with Crippen molar-refractivity contribution in [2.45, 2.75) is 55.9 Å². The number of rotatable bonds is 7. The first kappa shape index (κ1) is 25.9. The minimum atomic E-state index is -3.62. The van der Waals surface area contributed by atoms with Crippen LogP contribution in [0.5, 0.6) is 0 Å². The van der Waals surface area contributed by atoms with Crippen LogP contribution < -0.4 is 5.32 Å². The van der Waals surface area contributed by atoms with Crippen LogP contribution in [0.4, 0.5) is 0 Å². The molecule has 5 rings (SSSR count). The van der Waals surface area contributed by atoms with E-state index in [9.17, 15) is 18.5 Å². The standard InChI is InChI=1S/C29H31N5O3S/c30-20-23(29(35)31-25-11-3-1-4-12-25)18-24-21-34(26-13-5-2-6-14-26)32-28(24)22-10-9-15-27(19-22)38(36,37)33-16-7-8-17-33/h2,5-6,9-10,13-15,18-19,21,25H,1,3-4,7-8,11-12,16-17H2,(H,31,35). The molecule has 0 bridgehead atoms. The maximum atomic E-state index is 13.2. The third kappa shape index (κ3) is 5.57. The van der Waals surface area contributed by atoms with Gasteiger partial charge in [0.05, 0.1) is 10.6 Å². The van der Waals surface area contributed by atoms with Crippen molar-refractivity contribution < 1.29 is 13.2 Å². The second-order valence-electron chi connectivity index (χ2n) is 9.83. The van der Waals surface area contributed by atoms with E-state index in [1.54, 1.807) is 41.2 Å². The number of carbonyl (C=O) groups excluding carboxylic acids is 1. The van der Waals surface area contributed by atoms with Crippen molar-refractivity contribution in [3.63, 3.8) is 0 Å². The van der Waals surface area contributed by atoms with Crippen molar-refractivity contribution in [3.05, 3.63) is 71.9 Å². The number of nitrogens with zero attached hydrogens (tertiary/aromatic N) is 4. The normalized spacial score (nSPS) is 17.3. The van der Waals surface area contributed by atoms with E-state index in [2.05, 4.69) is 5.32 Å². The molecule has 1 aliphatic carbocycles. The summed E-state index contributed by atoms with van der Waals surface area (Å²) in [5, 5.41) is 17.6. The highest BCUT2D eigenvalue weighted by atomic mass is 32.2. The zero-order valence-electron chi connectivity index (χ0n) is 21.2. The smallest absolute Gasteiger partial charge is 0.262 e. The van der Waals surface area contributed by atoms with Gasteiger partial charge < -0.3 is 5.32 Å². The Bertz CT molecular complexity index is 1480. The van der Waals surface area contributed by atoms with E-state index in [0.717, 1.165) is 44.2 Å². The Hall–Kier alpha value is -3.74. The third-order valence-corrected chi connectivity index (χ3v) is 9.07. The number of hydrogen-bond acceptors (Lipinski definition) is 5. The molecule has 1 N–H and O–H groups in total. The molecule has 9 heteroatoms. The van der Waals surface area contributed by atoms with Crippen molar-refractivity contribution in [1.82, 2.24) is 19.4 Å². The molecule has 1 amide bonds. The van der Waals surface area contributed by atoms with Crippen LogP contribution in [0.15, 0.2) is 71.3 Å². The highest BCUT2D eigenvalue weighted by Gasteiger charge is 2.28. The van der Waals surface area contributed by atoms with Gasteiger partial charge in [-0.1, -0.05) is 49.6 Å². The number of sulfonamides is 1. The molecule has 0 atom stereocenters. The molecule has 0 unspecified atom stereocenters. The van der Waals surface area contributed by atoms with Crippen LogP contribution in [0.1, 0.15) is 50.5 Å². The summed E-state index contributed by atoms with van der Waals surface area (Å²) < 4.78 is 29.6. The predicted molar refractivity (Wildman–Crippen MR) is 146 cm³/mol. The Morgan fingerprint density at radius 2 is 1.74 bits per heavy atom. The molecule has 0 spiro atoms. The number of nitrogens with one attached hydrogen (secondary N) is 1. The lowest BCUT2D eigenvalue weighted by atomic mass is 9.95. The zero-order chi connectivity index (χ0) is 26.5. The van der Waals surface area contributed by atoms with E-state index >= 15 is 0 Å². The van der Waals surface area contributed by atoms with Crippen LogP contribution in [0.25, 0.3) is 23.0 Å². The number of nitriles is 1. The van der Waals surface area contributed by atoms with Crippen molar-refractivity contribution >= 4 is 22.0 Å². The molecular weight excluding hydrogens is 498 g/mol. The highest BCUT2D eigenvalue weighted by molar-refractivity contribution is 7.89. The highest BCUT2D eigenvalue weighted by Crippen LogP contribution is 2.30. The summed E-state index contributed by atoms with van der Waals surface area (Å²) in [5.41, 5.74) is 2.44. The number of aromatic nitrogens is 2. The van der Waals surface area contributed by atoms with Crippen molar-refractivity contribution in [2.24, 2.45) is 0 Å². The maximum absolute atomic E-state index is 13.2. The first-order chi connectivity index (χ1) is 18.5. The van der Waals surface area contributed by atoms with Gasteiger partial charge in [-0.15, -0.1) is 0 Å². The number of carbonyl (C=O) groups is 1. The molecule has 196 valence electrons. The SMILES string of the molecule is N#CC(=Cc1cn(-c2ccccc2)nc1-c1cccc(S(=O)(=O)N2CCCC2)c1)C(=O)NC1CCCCC1. The largest absolute Gasteiger partial charge is 0.349 e. The molecule has 1 aliphatic heterocycles. The molecule has 2 heterocycles. The molecule has 8 nitrogen and oxygen atoms in total. The Morgan fingerprint density at radius 1 is 1.00 bits per heavy atom. The first-order valence-electron chi connectivity index (χ1n) is 13.1. The lowest BCUT2D eigenvalue weighted by Gasteiger charge is -2.22. The van der Waals surface area contributed by atoms with E-state index in [1.165, 1.54) is 10.7 Å². The summed E-state index contributed by atoms with van der Waals surface area (Å²) in [6, 6.07) is 18.3. The van der Waals surface area contributed by atoms with Crippen LogP contribution in [0.3, 0.4) is 0 Å². The molecular formula is C29H31N5O3S. The Labute approximate surface area is 223 Å². The Balaban J connectivity index is 1.54. The zero-order valence-corrected chi connectivity index (χ0v) is 22.0. The van der Waals surface area contributed by atoms with Gasteiger partial charge in [0.2, 0.25) is 10.0 Å². The summed E-state index contributed by atoms with van der Waals surface area (Å²) in [6.45, 7) is 1.04. The van der Waals surface area contributed by atoms with Crippen LogP contribution in [-0.4, -0.2) is 47.5 Å². The second kappa shape index (κ2) is 11.3. The summed E-state index contributed by atoms with van der Waals surface area (Å²) in [5.74, 6) is -0.400. The molecule has 38 heavy (non-hydrogen) atoms. The van der Waals surface area contributed by atoms with E-state index in [0.29, 0.717) is 29.9 Å². The van der Waals surface area contributed by atoms with Crippen molar-refractivity contribution in [2.75, 3.05) is 13.1 Å². The van der Waals surface area contributed by atoms with Gasteiger partial charge in [0.25, 0.3) is 5.91 Å². The van der Waals surface area contributed by atoms with E-state index in [-0.39, 0.29) is 16.5 Å². The predicted octanol–water partition coefficient (Wildman–Crippen LogP) is 4.68. The lowest BCUT2D eigenvalue weighted by Crippen LogP contribution is -2.36. The summed E-state index contributed by atoms with van der Waals surface area (Å²) >= 11 is 0. The van der Waals surface area contributed by atoms with Crippen molar-refractivity contribution in [1.29, 1.82) is 5.26 Å². The monoisotopic (exact) mass is 529 g/mol. The molecule has 1 saturated heterocycles. The molecule has 2 fully saturated rings. The number of para-hydroxylation sites is 1. The lowest BCUT2D eigenvalue weighted by molar-refractivity contribution is -0.117. The van der Waals surface area contributed by atoms with Crippen LogP contribution in [0.2, 0.25) is 0 Å². The van der Waals surface area contributed by atoms with Gasteiger partial charge in [-0.3, -0.25) is 4.79 Å². The Morgan fingerprint density at radius 3 is 2.45 bits per heavy atom. The van der Waals surface area contributed by atoms with Gasteiger partial charge in [-0.2, -0.15) is 14.7 Å². The fourth-order valence-electron chi connectivity index (χ4n) is 5.13. The number of benzene rings is 2. The summed E-state index contributed by atoms with van der Waals surface area (Å²) in [6.07, 6.45) is 10.2. The number of hydrogen-bond donors (Lipinski definition) is 1. The fourth-order valence-corrected chi connectivity index (χ4v) is 6.69. The molecule has 0 radical (unpaired) electrons. The molecule has 2 aliphatic rings. The fraction of sp³-hybridized carbons (Fsp3) is 0.345. The van der Waals surface area contributed by atoms with E-state index in [4.69, 9.17) is 5.10 Å². The summed E-state index contributed by atoms with van der Waals surface area (Å²) in [7, 11) is -3.62. The molecule has 1 aromatic heterocycles. The topological polar surface area (TPSA) is 108 Å². The van der Waals surface area contributed by atoms with Gasteiger partial charge in [0.1, 0.15) is 17.3 Å². The second-order valence-corrected chi connectivity index (χ2v) is 11.8. The average Bonchev–Trinajstić information content (AvgIpc) is 3.64. The van der Waals surface area contributed by atoms with E-state index in [1.807, 2.05) is 36.4 Å². The van der Waals surface area contributed by atoms with Crippen LogP contribution >= 0.6 is 0 Å². The van der Waals surface area contributed by atoms with Gasteiger partial charge in [-0.05, 0) is 56.0 Å². The van der Waals surface area contributed by atoms with Crippen LogP contribution in [-0.2, 0) is 14.8 Å². The van der Waals surface area contributed by atoms with E-state index < -0.39 is 15.9 Å². The van der Waals surface area contributed by atoms with Crippen LogP contribution in [0, 0.1) is 11.3 Å². The van der Waals surface area contributed by atoms with Crippen molar-refractivity contribution in [3.8, 4) is 23.0 Å². The quantitative estimate of drug-likeness (QED) is 0.353.